The number of benzene rings is 3. The quantitative estimate of drug-likeness (QED) is 0.244. The van der Waals surface area contributed by atoms with Crippen LogP contribution in [-0.4, -0.2) is 52.7 Å². The molecule has 0 radical (unpaired) electrons. The second kappa shape index (κ2) is 12.0. The van der Waals surface area contributed by atoms with Gasteiger partial charge in [-0.15, -0.1) is 0 Å². The Bertz CT molecular complexity index is 1660. The number of aromatic nitrogens is 2. The predicted octanol–water partition coefficient (Wildman–Crippen LogP) is 7.18. The number of aryl methyl sites for hydroxylation is 2. The first-order chi connectivity index (χ1) is 21.0. The SMILES string of the molecule is Cc1nc2cc(-c3ccc(C4C[C@H](N5CCOCC5)CC(C(=O)Nc5ccc(C(F)(F)F)cc5F)[C@@H]4C)cc3)ccc2n1C. The van der Waals surface area contributed by atoms with Crippen molar-refractivity contribution < 1.29 is 27.1 Å². The molecule has 4 atom stereocenters. The van der Waals surface area contributed by atoms with Crippen molar-refractivity contribution in [2.75, 3.05) is 31.6 Å². The van der Waals surface area contributed by atoms with Crippen molar-refractivity contribution in [1.29, 1.82) is 0 Å². The molecule has 0 bridgehead atoms. The number of fused-ring (bicyclic) bond motifs is 1. The summed E-state index contributed by atoms with van der Waals surface area (Å²) in [6, 6.07) is 17.0. The molecule has 4 aromatic rings. The first-order valence-corrected chi connectivity index (χ1v) is 15.0. The maximum atomic E-state index is 14.7. The molecule has 0 spiro atoms. The highest BCUT2D eigenvalue weighted by molar-refractivity contribution is 5.93. The number of nitrogens with zero attached hydrogens (tertiary/aromatic N) is 3. The van der Waals surface area contributed by atoms with E-state index in [4.69, 9.17) is 4.74 Å². The molecule has 2 aliphatic rings. The Balaban J connectivity index is 1.25. The van der Waals surface area contributed by atoms with Gasteiger partial charge in [0.1, 0.15) is 11.6 Å². The Hall–Kier alpha value is -3.76. The number of halogens is 4. The number of imidazole rings is 1. The number of carbonyl (C=O) groups excluding carboxylic acids is 1. The minimum atomic E-state index is -4.67. The third-order valence-electron chi connectivity index (χ3n) is 9.55. The highest BCUT2D eigenvalue weighted by atomic mass is 19.4. The van der Waals surface area contributed by atoms with E-state index in [1.54, 1.807) is 0 Å². The topological polar surface area (TPSA) is 59.4 Å². The lowest BCUT2D eigenvalue weighted by atomic mass is 9.67. The number of hydrogen-bond acceptors (Lipinski definition) is 4. The van der Waals surface area contributed by atoms with E-state index in [1.165, 1.54) is 0 Å². The van der Waals surface area contributed by atoms with Crippen molar-refractivity contribution in [3.05, 3.63) is 83.4 Å². The van der Waals surface area contributed by atoms with E-state index in [9.17, 15) is 22.4 Å². The van der Waals surface area contributed by atoms with Crippen molar-refractivity contribution in [3.63, 3.8) is 0 Å². The van der Waals surface area contributed by atoms with Crippen LogP contribution < -0.4 is 5.32 Å². The van der Waals surface area contributed by atoms with E-state index in [0.717, 1.165) is 65.2 Å². The summed E-state index contributed by atoms with van der Waals surface area (Å²) in [5.74, 6) is -1.02. The molecule has 3 aromatic carbocycles. The molecule has 2 heterocycles. The van der Waals surface area contributed by atoms with Gasteiger partial charge in [0.25, 0.3) is 0 Å². The number of ether oxygens (including phenoxy) is 1. The summed E-state index contributed by atoms with van der Waals surface area (Å²) >= 11 is 0. The summed E-state index contributed by atoms with van der Waals surface area (Å²) in [5, 5.41) is 2.60. The molecular weight excluding hydrogens is 572 g/mol. The second-order valence-corrected chi connectivity index (χ2v) is 12.1. The minimum absolute atomic E-state index is 0.0553. The van der Waals surface area contributed by atoms with E-state index in [1.807, 2.05) is 20.9 Å². The monoisotopic (exact) mass is 608 g/mol. The summed E-state index contributed by atoms with van der Waals surface area (Å²) in [6.07, 6.45) is -3.23. The molecule has 1 saturated carbocycles. The van der Waals surface area contributed by atoms with Crippen LogP contribution in [0.2, 0.25) is 0 Å². The van der Waals surface area contributed by atoms with Gasteiger partial charge in [0, 0.05) is 32.1 Å². The molecule has 1 aliphatic carbocycles. The molecule has 1 saturated heterocycles. The zero-order valence-electron chi connectivity index (χ0n) is 25.0. The van der Waals surface area contributed by atoms with Gasteiger partial charge < -0.3 is 14.6 Å². The fraction of sp³-hybridized carbons (Fsp3) is 0.412. The molecule has 2 unspecified atom stereocenters. The Morgan fingerprint density at radius 1 is 0.977 bits per heavy atom. The number of alkyl halides is 3. The van der Waals surface area contributed by atoms with Crippen LogP contribution in [0.1, 0.15) is 42.6 Å². The minimum Gasteiger partial charge on any atom is -0.379 e. The average Bonchev–Trinajstić information content (AvgIpc) is 3.30. The molecule has 1 N–H and O–H groups in total. The van der Waals surface area contributed by atoms with Crippen LogP contribution in [0.15, 0.2) is 60.7 Å². The van der Waals surface area contributed by atoms with Gasteiger partial charge in [-0.2, -0.15) is 13.2 Å². The number of anilines is 1. The Kier molecular flexibility index (Phi) is 8.24. The van der Waals surface area contributed by atoms with Crippen molar-refractivity contribution in [3.8, 4) is 11.1 Å². The second-order valence-electron chi connectivity index (χ2n) is 12.1. The lowest BCUT2D eigenvalue weighted by Crippen LogP contribution is -2.50. The van der Waals surface area contributed by atoms with Crippen LogP contribution >= 0.6 is 0 Å². The maximum absolute atomic E-state index is 14.7. The summed E-state index contributed by atoms with van der Waals surface area (Å²) in [6.45, 7) is 6.80. The number of carbonyl (C=O) groups is 1. The first-order valence-electron chi connectivity index (χ1n) is 15.0. The largest absolute Gasteiger partial charge is 0.416 e. The number of morpholine rings is 1. The van der Waals surface area contributed by atoms with E-state index in [0.29, 0.717) is 25.7 Å². The van der Waals surface area contributed by atoms with E-state index in [2.05, 4.69) is 62.2 Å². The van der Waals surface area contributed by atoms with Crippen LogP contribution in [0.3, 0.4) is 0 Å². The van der Waals surface area contributed by atoms with Crippen molar-refractivity contribution in [2.24, 2.45) is 18.9 Å². The van der Waals surface area contributed by atoms with Crippen LogP contribution in [0.4, 0.5) is 23.2 Å². The third-order valence-corrected chi connectivity index (χ3v) is 9.55. The normalized spacial score (nSPS) is 23.2. The molecule has 1 amide bonds. The zero-order valence-corrected chi connectivity index (χ0v) is 25.0. The molecule has 2 fully saturated rings. The van der Waals surface area contributed by atoms with E-state index in [-0.39, 0.29) is 29.5 Å². The van der Waals surface area contributed by atoms with Gasteiger partial charge in [0.05, 0.1) is 35.5 Å². The first kappa shape index (κ1) is 30.3. The number of rotatable bonds is 5. The standard InChI is InChI=1S/C34H36F4N4O2/c1-20-27(23-6-4-22(5-7-23)24-8-11-32-31(16-24)39-21(2)41(32)3)18-26(42-12-14-44-15-13-42)19-28(20)33(43)40-30-10-9-25(17-29(30)35)34(36,37)38/h4-11,16-17,20,26-28H,12-15,18-19H2,1-3H3,(H,40,43)/t20-,26+,27?,28?/m1/s1. The van der Waals surface area contributed by atoms with Crippen LogP contribution in [0, 0.1) is 24.6 Å². The number of hydrogen-bond donors (Lipinski definition) is 1. The maximum Gasteiger partial charge on any atom is 0.416 e. The van der Waals surface area contributed by atoms with Crippen molar-refractivity contribution >= 4 is 22.6 Å². The third kappa shape index (κ3) is 5.97. The van der Waals surface area contributed by atoms with Crippen molar-refractivity contribution in [2.45, 2.75) is 44.8 Å². The molecule has 6 rings (SSSR count). The van der Waals surface area contributed by atoms with Gasteiger partial charge in [0.15, 0.2) is 0 Å². The molecule has 6 nitrogen and oxygen atoms in total. The molecule has 44 heavy (non-hydrogen) atoms. The van der Waals surface area contributed by atoms with Gasteiger partial charge in [-0.05, 0) is 78.6 Å². The highest BCUT2D eigenvalue weighted by Crippen LogP contribution is 2.44. The predicted molar refractivity (Wildman–Crippen MR) is 162 cm³/mol. The van der Waals surface area contributed by atoms with Crippen LogP contribution in [-0.2, 0) is 22.8 Å². The molecule has 1 aliphatic heterocycles. The number of amides is 1. The molecular formula is C34H36F4N4O2. The summed E-state index contributed by atoms with van der Waals surface area (Å²) in [5.41, 5.74) is 3.94. The molecule has 10 heteroatoms. The fourth-order valence-electron chi connectivity index (χ4n) is 6.86. The van der Waals surface area contributed by atoms with E-state index < -0.39 is 23.5 Å². The summed E-state index contributed by atoms with van der Waals surface area (Å²) in [7, 11) is 2.00. The lowest BCUT2D eigenvalue weighted by Gasteiger charge is -2.45. The van der Waals surface area contributed by atoms with Crippen LogP contribution in [0.5, 0.6) is 0 Å². The molecule has 232 valence electrons. The Morgan fingerprint density at radius 2 is 1.68 bits per heavy atom. The Labute approximate surface area is 254 Å². The van der Waals surface area contributed by atoms with Gasteiger partial charge in [-0.3, -0.25) is 9.69 Å². The zero-order chi connectivity index (χ0) is 31.2. The number of nitrogens with one attached hydrogen (secondary N) is 1. The summed E-state index contributed by atoms with van der Waals surface area (Å²) in [4.78, 5) is 20.7. The van der Waals surface area contributed by atoms with E-state index >= 15 is 0 Å². The van der Waals surface area contributed by atoms with Gasteiger partial charge in [0.2, 0.25) is 5.91 Å². The Morgan fingerprint density at radius 3 is 2.36 bits per heavy atom. The lowest BCUT2D eigenvalue weighted by molar-refractivity contribution is -0.137. The van der Waals surface area contributed by atoms with Crippen LogP contribution in [0.25, 0.3) is 22.2 Å². The van der Waals surface area contributed by atoms with Gasteiger partial charge >= 0.3 is 6.18 Å². The van der Waals surface area contributed by atoms with Crippen molar-refractivity contribution in [1.82, 2.24) is 14.5 Å². The average molecular weight is 609 g/mol. The summed E-state index contributed by atoms with van der Waals surface area (Å²) < 4.78 is 61.5. The fourth-order valence-corrected chi connectivity index (χ4v) is 6.86. The molecule has 1 aromatic heterocycles. The van der Waals surface area contributed by atoms with Gasteiger partial charge in [-0.25, -0.2) is 9.37 Å². The smallest absolute Gasteiger partial charge is 0.379 e. The highest BCUT2D eigenvalue weighted by Gasteiger charge is 2.42. The van der Waals surface area contributed by atoms with Gasteiger partial charge in [-0.1, -0.05) is 37.3 Å².